The van der Waals surface area contributed by atoms with Gasteiger partial charge in [0.2, 0.25) is 5.91 Å². The average Bonchev–Trinajstić information content (AvgIpc) is 3.06. The fraction of sp³-hybridized carbons (Fsp3) is 0.667. The molecular formula is C24H32N2O2. The van der Waals surface area contributed by atoms with Gasteiger partial charge in [-0.05, 0) is 92.7 Å². The maximum atomic E-state index is 12.9. The van der Waals surface area contributed by atoms with Crippen molar-refractivity contribution in [2.24, 2.45) is 23.2 Å². The highest BCUT2D eigenvalue weighted by molar-refractivity contribution is 5.94. The highest BCUT2D eigenvalue weighted by Crippen LogP contribution is 2.61. The lowest BCUT2D eigenvalue weighted by Gasteiger charge is -2.59. The van der Waals surface area contributed by atoms with Gasteiger partial charge >= 0.3 is 0 Å². The molecule has 1 aliphatic heterocycles. The molecule has 5 fully saturated rings. The van der Waals surface area contributed by atoms with E-state index in [2.05, 4.69) is 12.2 Å². The lowest BCUT2D eigenvalue weighted by molar-refractivity contribution is -0.128. The van der Waals surface area contributed by atoms with Crippen LogP contribution in [-0.4, -0.2) is 29.3 Å². The second-order valence-electron chi connectivity index (χ2n) is 10.1. The summed E-state index contributed by atoms with van der Waals surface area (Å²) in [7, 11) is 0. The van der Waals surface area contributed by atoms with Gasteiger partial charge in [0.1, 0.15) is 0 Å². The third kappa shape index (κ3) is 3.25. The fourth-order valence-corrected chi connectivity index (χ4v) is 6.99. The molecule has 1 N–H and O–H groups in total. The summed E-state index contributed by atoms with van der Waals surface area (Å²) in [5.41, 5.74) is 2.16. The summed E-state index contributed by atoms with van der Waals surface area (Å²) < 4.78 is 0. The van der Waals surface area contributed by atoms with Crippen molar-refractivity contribution in [1.29, 1.82) is 0 Å². The Morgan fingerprint density at radius 3 is 2.25 bits per heavy atom. The smallest absolute Gasteiger partial charge is 0.251 e. The first-order valence-electron chi connectivity index (χ1n) is 11.2. The lowest BCUT2D eigenvalue weighted by atomic mass is 9.48. The maximum Gasteiger partial charge on any atom is 0.251 e. The van der Waals surface area contributed by atoms with Crippen molar-refractivity contribution in [3.05, 3.63) is 35.4 Å². The molecule has 1 aromatic rings. The number of hydrogen-bond donors (Lipinski definition) is 1. The second kappa shape index (κ2) is 6.89. The summed E-state index contributed by atoms with van der Waals surface area (Å²) in [6.45, 7) is 3.74. The van der Waals surface area contributed by atoms with E-state index in [0.717, 1.165) is 41.8 Å². The molecule has 0 spiro atoms. The number of carbonyl (C=O) groups is 2. The summed E-state index contributed by atoms with van der Waals surface area (Å²) in [4.78, 5) is 26.6. The monoisotopic (exact) mass is 380 g/mol. The molecule has 1 aromatic carbocycles. The Kier molecular flexibility index (Phi) is 4.48. The van der Waals surface area contributed by atoms with Crippen LogP contribution in [0.4, 0.5) is 0 Å². The molecule has 6 rings (SSSR count). The maximum absolute atomic E-state index is 12.9. The zero-order valence-electron chi connectivity index (χ0n) is 17.0. The quantitative estimate of drug-likeness (QED) is 0.834. The fourth-order valence-electron chi connectivity index (χ4n) is 6.99. The van der Waals surface area contributed by atoms with Crippen molar-refractivity contribution >= 4 is 11.8 Å². The second-order valence-corrected chi connectivity index (χ2v) is 10.1. The number of nitrogens with zero attached hydrogens (tertiary/aromatic N) is 1. The zero-order chi connectivity index (χ0) is 19.3. The minimum absolute atomic E-state index is 0.0482. The third-order valence-corrected chi connectivity index (χ3v) is 8.11. The van der Waals surface area contributed by atoms with Gasteiger partial charge in [0, 0.05) is 31.1 Å². The van der Waals surface area contributed by atoms with Crippen LogP contribution >= 0.6 is 0 Å². The Hall–Kier alpha value is -1.84. The largest absolute Gasteiger partial charge is 0.349 e. The van der Waals surface area contributed by atoms with E-state index in [1.54, 1.807) is 0 Å². The van der Waals surface area contributed by atoms with Gasteiger partial charge in [0.15, 0.2) is 0 Å². The molecule has 4 heteroatoms. The Morgan fingerprint density at radius 2 is 1.71 bits per heavy atom. The Labute approximate surface area is 168 Å². The van der Waals surface area contributed by atoms with Crippen molar-refractivity contribution < 1.29 is 9.59 Å². The van der Waals surface area contributed by atoms with Gasteiger partial charge in [0.05, 0.1) is 0 Å². The number of rotatable bonds is 5. The van der Waals surface area contributed by atoms with Crippen LogP contribution in [0, 0.1) is 23.2 Å². The molecule has 2 amide bonds. The molecule has 4 bridgehead atoms. The lowest BCUT2D eigenvalue weighted by Crippen LogP contribution is -2.55. The molecular weight excluding hydrogens is 348 g/mol. The van der Waals surface area contributed by atoms with Crippen LogP contribution in [-0.2, 0) is 11.3 Å². The number of benzene rings is 1. The molecule has 4 saturated carbocycles. The van der Waals surface area contributed by atoms with E-state index in [1.807, 2.05) is 29.2 Å². The predicted octanol–water partition coefficient (Wildman–Crippen LogP) is 4.14. The molecule has 150 valence electrons. The van der Waals surface area contributed by atoms with E-state index < -0.39 is 0 Å². The van der Waals surface area contributed by atoms with E-state index in [1.165, 1.54) is 38.5 Å². The molecule has 1 heterocycles. The Bertz CT molecular complexity index is 734. The summed E-state index contributed by atoms with van der Waals surface area (Å²) in [6.07, 6.45) is 9.85. The highest BCUT2D eigenvalue weighted by atomic mass is 16.2. The molecule has 1 saturated heterocycles. The summed E-state index contributed by atoms with van der Waals surface area (Å²) in [5, 5.41) is 3.35. The van der Waals surface area contributed by atoms with Crippen LogP contribution in [0.15, 0.2) is 24.3 Å². The standard InChI is InChI=1S/C24H32N2O2/c1-16(24-12-18-9-19(13-24)11-20(10-18)14-24)25-23(28)21-6-4-17(5-7-21)15-26-8-2-3-22(26)27/h4-7,16,18-20H,2-3,8-15H2,1H3,(H,25,28)/t16-,18?,19?,20?,24?/m1/s1. The number of carbonyl (C=O) groups excluding carboxylic acids is 2. The molecule has 28 heavy (non-hydrogen) atoms. The molecule has 0 radical (unpaired) electrons. The minimum atomic E-state index is 0.0482. The topological polar surface area (TPSA) is 49.4 Å². The van der Waals surface area contributed by atoms with Crippen LogP contribution in [0.5, 0.6) is 0 Å². The van der Waals surface area contributed by atoms with Gasteiger partial charge in [-0.1, -0.05) is 12.1 Å². The zero-order valence-corrected chi connectivity index (χ0v) is 17.0. The van der Waals surface area contributed by atoms with E-state index in [4.69, 9.17) is 0 Å². The molecule has 0 aromatic heterocycles. The molecule has 1 atom stereocenters. The molecule has 4 aliphatic carbocycles. The highest BCUT2D eigenvalue weighted by Gasteiger charge is 2.53. The third-order valence-electron chi connectivity index (χ3n) is 8.11. The summed E-state index contributed by atoms with van der Waals surface area (Å²) >= 11 is 0. The molecule has 0 unspecified atom stereocenters. The van der Waals surface area contributed by atoms with Gasteiger partial charge in [-0.2, -0.15) is 0 Å². The number of nitrogens with one attached hydrogen (secondary N) is 1. The first-order chi connectivity index (χ1) is 13.5. The Balaban J connectivity index is 1.22. The first-order valence-corrected chi connectivity index (χ1v) is 11.2. The van der Waals surface area contributed by atoms with E-state index in [9.17, 15) is 9.59 Å². The van der Waals surface area contributed by atoms with Crippen molar-refractivity contribution in [3.8, 4) is 0 Å². The molecule has 4 nitrogen and oxygen atoms in total. The van der Waals surface area contributed by atoms with Crippen molar-refractivity contribution in [2.75, 3.05) is 6.54 Å². The van der Waals surface area contributed by atoms with Gasteiger partial charge in [0.25, 0.3) is 5.91 Å². The molecule has 5 aliphatic rings. The van der Waals surface area contributed by atoms with Crippen LogP contribution in [0.2, 0.25) is 0 Å². The van der Waals surface area contributed by atoms with Gasteiger partial charge in [-0.25, -0.2) is 0 Å². The Morgan fingerprint density at radius 1 is 1.11 bits per heavy atom. The van der Waals surface area contributed by atoms with E-state index in [-0.39, 0.29) is 17.9 Å². The number of amides is 2. The van der Waals surface area contributed by atoms with Crippen LogP contribution in [0.25, 0.3) is 0 Å². The van der Waals surface area contributed by atoms with Gasteiger partial charge < -0.3 is 10.2 Å². The number of likely N-dealkylation sites (tertiary alicyclic amines) is 1. The average molecular weight is 381 g/mol. The summed E-state index contributed by atoms with van der Waals surface area (Å²) in [6, 6.07) is 8.07. The summed E-state index contributed by atoms with van der Waals surface area (Å²) in [5.74, 6) is 2.99. The normalized spacial score (nSPS) is 34.7. The van der Waals surface area contributed by atoms with E-state index in [0.29, 0.717) is 18.4 Å². The van der Waals surface area contributed by atoms with E-state index >= 15 is 0 Å². The van der Waals surface area contributed by atoms with Crippen molar-refractivity contribution in [1.82, 2.24) is 10.2 Å². The number of hydrogen-bond acceptors (Lipinski definition) is 2. The van der Waals surface area contributed by atoms with Gasteiger partial charge in [-0.3, -0.25) is 9.59 Å². The van der Waals surface area contributed by atoms with Crippen LogP contribution in [0.3, 0.4) is 0 Å². The minimum Gasteiger partial charge on any atom is -0.349 e. The van der Waals surface area contributed by atoms with Gasteiger partial charge in [-0.15, -0.1) is 0 Å². The van der Waals surface area contributed by atoms with Crippen LogP contribution < -0.4 is 5.32 Å². The predicted molar refractivity (Wildman–Crippen MR) is 109 cm³/mol. The van der Waals surface area contributed by atoms with Crippen LogP contribution in [0.1, 0.15) is 74.2 Å². The first kappa shape index (κ1) is 18.2. The van der Waals surface area contributed by atoms with Crippen molar-refractivity contribution in [2.45, 2.75) is 70.9 Å². The van der Waals surface area contributed by atoms with Crippen molar-refractivity contribution in [3.63, 3.8) is 0 Å². The SMILES string of the molecule is C[C@@H](NC(=O)c1ccc(CN2CCCC2=O)cc1)C12CC3CC(CC(C3)C1)C2.